The van der Waals surface area contributed by atoms with E-state index in [0.717, 1.165) is 3.57 Å². The molecular formula is C14H10FIO2. The molecule has 0 radical (unpaired) electrons. The van der Waals surface area contributed by atoms with Crippen LogP contribution in [-0.4, -0.2) is 5.78 Å². The van der Waals surface area contributed by atoms with Crippen LogP contribution in [0, 0.1) is 9.39 Å². The number of benzene rings is 2. The van der Waals surface area contributed by atoms with Gasteiger partial charge in [0.2, 0.25) is 0 Å². The number of ether oxygens (including phenoxy) is 1. The van der Waals surface area contributed by atoms with Crippen LogP contribution in [0.5, 0.6) is 11.5 Å². The van der Waals surface area contributed by atoms with Crippen LogP contribution in [0.2, 0.25) is 0 Å². The van der Waals surface area contributed by atoms with E-state index in [1.165, 1.54) is 19.1 Å². The first-order valence-electron chi connectivity index (χ1n) is 5.31. The summed E-state index contributed by atoms with van der Waals surface area (Å²) in [6.07, 6.45) is 0. The summed E-state index contributed by atoms with van der Waals surface area (Å²) >= 11 is 2.12. The predicted molar refractivity (Wildman–Crippen MR) is 75.6 cm³/mol. The average Bonchev–Trinajstić information content (AvgIpc) is 2.31. The van der Waals surface area contributed by atoms with Crippen molar-refractivity contribution >= 4 is 28.4 Å². The number of ketones is 1. The van der Waals surface area contributed by atoms with E-state index >= 15 is 0 Å². The van der Waals surface area contributed by atoms with Gasteiger partial charge in [-0.3, -0.25) is 4.79 Å². The van der Waals surface area contributed by atoms with Gasteiger partial charge in [-0.25, -0.2) is 4.39 Å². The van der Waals surface area contributed by atoms with E-state index in [0.29, 0.717) is 5.75 Å². The zero-order valence-corrected chi connectivity index (χ0v) is 11.8. The van der Waals surface area contributed by atoms with E-state index in [2.05, 4.69) is 22.6 Å². The fourth-order valence-corrected chi connectivity index (χ4v) is 2.07. The first-order valence-corrected chi connectivity index (χ1v) is 6.39. The lowest BCUT2D eigenvalue weighted by Gasteiger charge is -2.11. The van der Waals surface area contributed by atoms with Gasteiger partial charge in [0.1, 0.15) is 17.3 Å². The van der Waals surface area contributed by atoms with E-state index in [1.807, 2.05) is 18.2 Å². The summed E-state index contributed by atoms with van der Waals surface area (Å²) in [5, 5.41) is 0. The summed E-state index contributed by atoms with van der Waals surface area (Å²) in [5.41, 5.74) is -0.0165. The van der Waals surface area contributed by atoms with Gasteiger partial charge < -0.3 is 4.74 Å². The average molecular weight is 356 g/mol. The maximum Gasteiger partial charge on any atom is 0.166 e. The molecule has 92 valence electrons. The van der Waals surface area contributed by atoms with Gasteiger partial charge in [-0.05, 0) is 53.8 Å². The molecule has 0 spiro atoms. The van der Waals surface area contributed by atoms with E-state index in [4.69, 9.17) is 4.74 Å². The van der Waals surface area contributed by atoms with Crippen LogP contribution in [0.3, 0.4) is 0 Å². The molecule has 0 heterocycles. The molecule has 0 aliphatic carbocycles. The van der Waals surface area contributed by atoms with Crippen molar-refractivity contribution in [2.45, 2.75) is 6.92 Å². The Morgan fingerprint density at radius 1 is 1.11 bits per heavy atom. The number of carbonyl (C=O) groups excluding carboxylic acids is 1. The molecule has 2 rings (SSSR count). The van der Waals surface area contributed by atoms with Gasteiger partial charge in [0.05, 0.1) is 9.13 Å². The fraction of sp³-hybridized carbons (Fsp3) is 0.0714. The molecule has 0 unspecified atom stereocenters. The molecule has 0 saturated heterocycles. The van der Waals surface area contributed by atoms with Crippen molar-refractivity contribution in [1.82, 2.24) is 0 Å². The lowest BCUT2D eigenvalue weighted by Crippen LogP contribution is -2.01. The molecule has 0 N–H and O–H groups in total. The molecule has 0 bridgehead atoms. The molecular weight excluding hydrogens is 346 g/mol. The van der Waals surface area contributed by atoms with Crippen molar-refractivity contribution in [2.75, 3.05) is 0 Å². The highest BCUT2D eigenvalue weighted by Gasteiger charge is 2.15. The molecule has 0 aliphatic heterocycles. The summed E-state index contributed by atoms with van der Waals surface area (Å²) < 4.78 is 20.1. The van der Waals surface area contributed by atoms with Crippen molar-refractivity contribution in [3.8, 4) is 11.5 Å². The Morgan fingerprint density at radius 2 is 1.78 bits per heavy atom. The maximum atomic E-state index is 13.6. The van der Waals surface area contributed by atoms with Crippen LogP contribution in [0.15, 0.2) is 42.5 Å². The minimum atomic E-state index is -0.564. The summed E-state index contributed by atoms with van der Waals surface area (Å²) in [6, 6.07) is 11.7. The van der Waals surface area contributed by atoms with Gasteiger partial charge in [0, 0.05) is 0 Å². The zero-order chi connectivity index (χ0) is 13.1. The van der Waals surface area contributed by atoms with Crippen LogP contribution in [-0.2, 0) is 0 Å². The first kappa shape index (κ1) is 13.0. The quantitative estimate of drug-likeness (QED) is 0.601. The molecule has 2 aromatic carbocycles. The summed E-state index contributed by atoms with van der Waals surface area (Å²) in [4.78, 5) is 11.4. The van der Waals surface area contributed by atoms with E-state index in [9.17, 15) is 9.18 Å². The topological polar surface area (TPSA) is 26.3 Å². The van der Waals surface area contributed by atoms with E-state index in [-0.39, 0.29) is 17.1 Å². The monoisotopic (exact) mass is 356 g/mol. The van der Waals surface area contributed by atoms with Crippen LogP contribution in [0.25, 0.3) is 0 Å². The lowest BCUT2D eigenvalue weighted by molar-refractivity contribution is 0.101. The van der Waals surface area contributed by atoms with Gasteiger partial charge >= 0.3 is 0 Å². The van der Waals surface area contributed by atoms with Crippen molar-refractivity contribution in [2.24, 2.45) is 0 Å². The first-order chi connectivity index (χ1) is 8.59. The zero-order valence-electron chi connectivity index (χ0n) is 9.61. The highest BCUT2D eigenvalue weighted by atomic mass is 127. The molecule has 18 heavy (non-hydrogen) atoms. The Balaban J connectivity index is 2.44. The smallest absolute Gasteiger partial charge is 0.166 e. The number of hydrogen-bond donors (Lipinski definition) is 0. The summed E-state index contributed by atoms with van der Waals surface area (Å²) in [6.45, 7) is 1.32. The number of halogens is 2. The molecule has 0 fully saturated rings. The van der Waals surface area contributed by atoms with Crippen LogP contribution in [0.1, 0.15) is 17.3 Å². The molecule has 0 atom stereocenters. The standard InChI is InChI=1S/C14H10FIO2/c1-9(17)14-10(15)5-4-8-13(14)18-12-7-3-2-6-11(12)16/h2-8H,1H3. The predicted octanol–water partition coefficient (Wildman–Crippen LogP) is 4.43. The van der Waals surface area contributed by atoms with Crippen LogP contribution in [0.4, 0.5) is 4.39 Å². The van der Waals surface area contributed by atoms with Gasteiger partial charge in [-0.1, -0.05) is 18.2 Å². The normalized spacial score (nSPS) is 10.2. The second kappa shape index (κ2) is 5.48. The van der Waals surface area contributed by atoms with Crippen molar-refractivity contribution < 1.29 is 13.9 Å². The molecule has 2 nitrogen and oxygen atoms in total. The van der Waals surface area contributed by atoms with E-state index < -0.39 is 5.82 Å². The SMILES string of the molecule is CC(=O)c1c(F)cccc1Oc1ccccc1I. The number of rotatable bonds is 3. The minimum Gasteiger partial charge on any atom is -0.455 e. The highest BCUT2D eigenvalue weighted by Crippen LogP contribution is 2.30. The van der Waals surface area contributed by atoms with Crippen molar-refractivity contribution in [3.63, 3.8) is 0 Å². The third-order valence-electron chi connectivity index (χ3n) is 2.38. The third-order valence-corrected chi connectivity index (χ3v) is 3.28. The Labute approximate surface area is 118 Å². The Kier molecular flexibility index (Phi) is 3.96. The number of para-hydroxylation sites is 1. The maximum absolute atomic E-state index is 13.6. The van der Waals surface area contributed by atoms with Crippen molar-refractivity contribution in [3.05, 3.63) is 57.4 Å². The van der Waals surface area contributed by atoms with Crippen molar-refractivity contribution in [1.29, 1.82) is 0 Å². The lowest BCUT2D eigenvalue weighted by atomic mass is 10.1. The molecule has 0 aliphatic rings. The van der Waals surface area contributed by atoms with Crippen LogP contribution >= 0.6 is 22.6 Å². The minimum absolute atomic E-state index is 0.0165. The molecule has 2 aromatic rings. The van der Waals surface area contributed by atoms with Gasteiger partial charge in [-0.15, -0.1) is 0 Å². The second-order valence-corrected chi connectivity index (χ2v) is 4.86. The summed E-state index contributed by atoms with van der Waals surface area (Å²) in [7, 11) is 0. The fourth-order valence-electron chi connectivity index (χ4n) is 1.58. The Bertz CT molecular complexity index is 596. The van der Waals surface area contributed by atoms with E-state index in [1.54, 1.807) is 12.1 Å². The largest absolute Gasteiger partial charge is 0.455 e. The second-order valence-electron chi connectivity index (χ2n) is 3.70. The summed E-state index contributed by atoms with van der Waals surface area (Å²) in [5.74, 6) is -0.0715. The van der Waals surface area contributed by atoms with Gasteiger partial charge in [0.15, 0.2) is 5.78 Å². The molecule has 0 saturated carbocycles. The Morgan fingerprint density at radius 3 is 2.44 bits per heavy atom. The number of hydrogen-bond acceptors (Lipinski definition) is 2. The third kappa shape index (κ3) is 2.69. The van der Waals surface area contributed by atoms with Crippen LogP contribution < -0.4 is 4.74 Å². The molecule has 0 amide bonds. The Hall–Kier alpha value is -1.43. The van der Waals surface area contributed by atoms with Gasteiger partial charge in [-0.2, -0.15) is 0 Å². The number of carbonyl (C=O) groups is 1. The van der Waals surface area contributed by atoms with Gasteiger partial charge in [0.25, 0.3) is 0 Å². The molecule has 0 aromatic heterocycles. The highest BCUT2D eigenvalue weighted by molar-refractivity contribution is 14.1. The molecule has 4 heteroatoms. The number of Topliss-reactive ketones (excluding diaryl/α,β-unsaturated/α-hetero) is 1.